The predicted octanol–water partition coefficient (Wildman–Crippen LogP) is 5.17. The van der Waals surface area contributed by atoms with Crippen molar-refractivity contribution in [3.05, 3.63) is 12.2 Å². The maximum atomic E-state index is 12.3. The Bertz CT molecular complexity index is 646. The number of carbonyl (C=O) groups is 1. The molecule has 0 aromatic heterocycles. The van der Waals surface area contributed by atoms with E-state index in [0.717, 1.165) is 0 Å². The van der Waals surface area contributed by atoms with E-state index in [1.165, 1.54) is 0 Å². The molecule has 1 rings (SSSR count). The molecule has 1 unspecified atom stereocenters. The van der Waals surface area contributed by atoms with E-state index >= 15 is 0 Å². The van der Waals surface area contributed by atoms with Crippen molar-refractivity contribution in [2.24, 2.45) is 5.92 Å². The number of ether oxygens (including phenoxy) is 1. The summed E-state index contributed by atoms with van der Waals surface area (Å²) in [5, 5.41) is 0.0835. The van der Waals surface area contributed by atoms with Gasteiger partial charge >= 0.3 is 0 Å². The van der Waals surface area contributed by atoms with Crippen molar-refractivity contribution >= 4 is 22.4 Å². The van der Waals surface area contributed by atoms with Gasteiger partial charge in [0.15, 0.2) is 22.4 Å². The summed E-state index contributed by atoms with van der Waals surface area (Å²) in [5.41, 5.74) is 0.127. The Hall–Kier alpha value is -0.716. The van der Waals surface area contributed by atoms with Crippen molar-refractivity contribution in [3.63, 3.8) is 0 Å². The first kappa shape index (κ1) is 25.3. The highest BCUT2D eigenvalue weighted by atomic mass is 28.4. The van der Waals surface area contributed by atoms with E-state index in [-0.39, 0.29) is 22.8 Å². The number of methoxy groups -OCH3 is 1. The smallest absolute Gasteiger partial charge is 0.192 e. The average Bonchev–Trinajstić information content (AvgIpc) is 2.71. The molecular formula is C22H40O4Si2. The minimum absolute atomic E-state index is 0.0704. The third-order valence-electron chi connectivity index (χ3n) is 5.47. The van der Waals surface area contributed by atoms with Crippen LogP contribution in [0.3, 0.4) is 0 Å². The second-order valence-electron chi connectivity index (χ2n) is 10.6. The molecule has 1 fully saturated rings. The molecule has 0 aromatic rings. The quantitative estimate of drug-likeness (QED) is 0.321. The van der Waals surface area contributed by atoms with Crippen molar-refractivity contribution in [1.82, 2.24) is 0 Å². The van der Waals surface area contributed by atoms with Crippen molar-refractivity contribution in [2.75, 3.05) is 13.7 Å². The van der Waals surface area contributed by atoms with E-state index in [2.05, 4.69) is 71.9 Å². The number of carbonyl (C=O) groups excluding carboxylic acids is 1. The first-order valence-corrected chi connectivity index (χ1v) is 16.4. The normalized spacial score (nSPS) is 23.4. The highest BCUT2D eigenvalue weighted by Gasteiger charge is 2.44. The largest absolute Gasteiger partial charge is 0.412 e. The van der Waals surface area contributed by atoms with Gasteiger partial charge in [0.05, 0.1) is 24.2 Å². The Morgan fingerprint density at radius 3 is 2.18 bits per heavy atom. The molecule has 1 aliphatic carbocycles. The van der Waals surface area contributed by atoms with Crippen LogP contribution in [0.5, 0.6) is 0 Å². The summed E-state index contributed by atoms with van der Waals surface area (Å²) in [4.78, 5) is 12.3. The van der Waals surface area contributed by atoms with E-state index in [1.807, 2.05) is 6.92 Å². The minimum atomic E-state index is -1.99. The van der Waals surface area contributed by atoms with Crippen molar-refractivity contribution in [2.45, 2.75) is 90.0 Å². The van der Waals surface area contributed by atoms with Gasteiger partial charge in [0.1, 0.15) is 0 Å². The lowest BCUT2D eigenvalue weighted by Crippen LogP contribution is -2.44. The lowest BCUT2D eigenvalue weighted by Gasteiger charge is -2.39. The summed E-state index contributed by atoms with van der Waals surface area (Å²) in [6.45, 7) is 24.0. The molecule has 4 nitrogen and oxygen atoms in total. The zero-order chi connectivity index (χ0) is 22.0. The molecule has 160 valence electrons. The molecule has 28 heavy (non-hydrogen) atoms. The zero-order valence-electron chi connectivity index (χ0n) is 19.6. The summed E-state index contributed by atoms with van der Waals surface area (Å²) in [6.07, 6.45) is 0.737. The molecule has 0 aliphatic heterocycles. The van der Waals surface area contributed by atoms with Gasteiger partial charge in [-0.3, -0.25) is 4.79 Å². The predicted molar refractivity (Wildman–Crippen MR) is 121 cm³/mol. The van der Waals surface area contributed by atoms with Gasteiger partial charge in [0.2, 0.25) is 0 Å². The first-order valence-electron chi connectivity index (χ1n) is 10.1. The van der Waals surface area contributed by atoms with Gasteiger partial charge in [-0.05, 0) is 44.7 Å². The van der Waals surface area contributed by atoms with Crippen LogP contribution in [-0.4, -0.2) is 47.8 Å². The molecule has 0 radical (unpaired) electrons. The van der Waals surface area contributed by atoms with Crippen LogP contribution in [-0.2, 0) is 18.4 Å². The summed E-state index contributed by atoms with van der Waals surface area (Å²) >= 11 is 0. The molecule has 0 bridgehead atoms. The van der Waals surface area contributed by atoms with Gasteiger partial charge in [-0.2, -0.15) is 0 Å². The lowest BCUT2D eigenvalue weighted by atomic mass is 10.00. The van der Waals surface area contributed by atoms with Gasteiger partial charge in [-0.15, -0.1) is 0 Å². The Kier molecular flexibility index (Phi) is 8.11. The van der Waals surface area contributed by atoms with Crippen LogP contribution < -0.4 is 0 Å². The fourth-order valence-corrected chi connectivity index (χ4v) is 6.12. The molecular weight excluding hydrogens is 384 g/mol. The van der Waals surface area contributed by atoms with Crippen molar-refractivity contribution in [3.8, 4) is 11.8 Å². The van der Waals surface area contributed by atoms with Gasteiger partial charge < -0.3 is 13.6 Å². The van der Waals surface area contributed by atoms with Crippen LogP contribution in [0.25, 0.3) is 0 Å². The Labute approximate surface area is 174 Å². The SMILES string of the molecule is C=C1C(=O)C[C@@H](O[Si](C)(C)C(C)(C)C)[C@@H]1C#CCC(C)(COC)O[Si](C)(C)C. The minimum Gasteiger partial charge on any atom is -0.412 e. The van der Waals surface area contributed by atoms with Crippen molar-refractivity contribution < 1.29 is 18.4 Å². The maximum Gasteiger partial charge on any atom is 0.192 e. The lowest BCUT2D eigenvalue weighted by molar-refractivity contribution is -0.115. The number of ketones is 1. The van der Waals surface area contributed by atoms with E-state index < -0.39 is 22.2 Å². The first-order chi connectivity index (χ1) is 12.5. The van der Waals surface area contributed by atoms with Crippen LogP contribution in [0, 0.1) is 17.8 Å². The van der Waals surface area contributed by atoms with Gasteiger partial charge in [0.25, 0.3) is 0 Å². The van der Waals surface area contributed by atoms with Gasteiger partial charge in [-0.1, -0.05) is 39.2 Å². The summed E-state index contributed by atoms with van der Waals surface area (Å²) in [5.74, 6) is 6.40. The number of hydrogen-bond acceptors (Lipinski definition) is 4. The highest BCUT2D eigenvalue weighted by molar-refractivity contribution is 6.74. The molecule has 0 heterocycles. The summed E-state index contributed by atoms with van der Waals surface area (Å²) < 4.78 is 18.2. The zero-order valence-corrected chi connectivity index (χ0v) is 21.6. The van der Waals surface area contributed by atoms with Gasteiger partial charge in [-0.25, -0.2) is 0 Å². The Morgan fingerprint density at radius 2 is 1.71 bits per heavy atom. The number of Topliss-reactive ketones (excluding diaryl/α,β-unsaturated/α-hetero) is 1. The molecule has 0 aromatic carbocycles. The topological polar surface area (TPSA) is 44.8 Å². The highest BCUT2D eigenvalue weighted by Crippen LogP contribution is 2.41. The fourth-order valence-electron chi connectivity index (χ4n) is 3.18. The molecule has 1 aliphatic rings. The van der Waals surface area contributed by atoms with E-state index in [1.54, 1.807) is 7.11 Å². The third kappa shape index (κ3) is 6.96. The number of rotatable bonds is 7. The molecule has 0 spiro atoms. The molecule has 1 saturated carbocycles. The van der Waals surface area contributed by atoms with Crippen LogP contribution in [0.1, 0.15) is 40.5 Å². The standard InChI is InChI=1S/C22H40O4Si2/c1-17-18(13-12-14-22(5,16-24-6)26-27(7,8)9)20(15-19(17)23)25-28(10,11)21(2,3)4/h18,20H,1,14-16H2,2-11H3/t18-,20-,22?/m1/s1. The number of hydrogen-bond donors (Lipinski definition) is 0. The molecule has 0 amide bonds. The molecule has 0 N–H and O–H groups in total. The molecule has 6 heteroatoms. The second kappa shape index (κ2) is 8.97. The fraction of sp³-hybridized carbons (Fsp3) is 0.773. The second-order valence-corrected chi connectivity index (χ2v) is 19.8. The van der Waals surface area contributed by atoms with Crippen LogP contribution in [0.4, 0.5) is 0 Å². The van der Waals surface area contributed by atoms with E-state index in [0.29, 0.717) is 25.0 Å². The van der Waals surface area contributed by atoms with E-state index in [4.69, 9.17) is 13.6 Å². The Morgan fingerprint density at radius 1 is 1.14 bits per heavy atom. The summed E-state index contributed by atoms with van der Waals surface area (Å²) in [7, 11) is -2.05. The molecule has 0 saturated heterocycles. The molecule has 3 atom stereocenters. The maximum absolute atomic E-state index is 12.3. The summed E-state index contributed by atoms with van der Waals surface area (Å²) in [6, 6.07) is 0. The van der Waals surface area contributed by atoms with Crippen LogP contribution in [0.2, 0.25) is 37.8 Å². The average molecular weight is 425 g/mol. The van der Waals surface area contributed by atoms with E-state index in [9.17, 15) is 4.79 Å². The third-order valence-corrected chi connectivity index (χ3v) is 11.1. The van der Waals surface area contributed by atoms with Crippen LogP contribution >= 0.6 is 0 Å². The monoisotopic (exact) mass is 424 g/mol. The van der Waals surface area contributed by atoms with Crippen molar-refractivity contribution in [1.29, 1.82) is 0 Å². The Balaban J connectivity index is 3.01. The van der Waals surface area contributed by atoms with Crippen LogP contribution in [0.15, 0.2) is 12.2 Å². The van der Waals surface area contributed by atoms with Gasteiger partial charge in [0, 0.05) is 25.5 Å².